The number of anilines is 1. The van der Waals surface area contributed by atoms with Crippen LogP contribution in [0.3, 0.4) is 0 Å². The minimum atomic E-state index is -4.24. The Balaban J connectivity index is 2.09. The molecule has 8 nitrogen and oxygen atoms in total. The van der Waals surface area contributed by atoms with E-state index in [1.165, 1.54) is 29.2 Å². The first-order valence-electron chi connectivity index (χ1n) is 13.7. The van der Waals surface area contributed by atoms with Gasteiger partial charge in [0.15, 0.2) is 0 Å². The molecule has 2 amide bonds. The molecule has 0 aliphatic rings. The van der Waals surface area contributed by atoms with Crippen LogP contribution in [0.15, 0.2) is 77.7 Å². The fourth-order valence-electron chi connectivity index (χ4n) is 4.36. The Morgan fingerprint density at radius 1 is 0.951 bits per heavy atom. The van der Waals surface area contributed by atoms with E-state index in [9.17, 15) is 18.0 Å². The molecule has 0 fully saturated rings. The lowest BCUT2D eigenvalue weighted by Crippen LogP contribution is -2.52. The second-order valence-corrected chi connectivity index (χ2v) is 11.9. The van der Waals surface area contributed by atoms with E-state index in [4.69, 9.17) is 16.3 Å². The number of amides is 2. The number of halogens is 1. The van der Waals surface area contributed by atoms with Crippen LogP contribution in [-0.2, 0) is 26.2 Å². The molecular formula is C31H38ClN3O5S. The maximum Gasteiger partial charge on any atom is 0.264 e. The second-order valence-electron chi connectivity index (χ2n) is 9.59. The van der Waals surface area contributed by atoms with Crippen LogP contribution in [0, 0.1) is 6.92 Å². The summed E-state index contributed by atoms with van der Waals surface area (Å²) in [5.41, 5.74) is 2.11. The first-order valence-corrected chi connectivity index (χ1v) is 15.6. The van der Waals surface area contributed by atoms with Gasteiger partial charge in [0.05, 0.1) is 17.2 Å². The Kier molecular flexibility index (Phi) is 11.6. The van der Waals surface area contributed by atoms with Crippen molar-refractivity contribution < 1.29 is 22.7 Å². The third kappa shape index (κ3) is 8.24. The molecule has 0 spiro atoms. The summed E-state index contributed by atoms with van der Waals surface area (Å²) >= 11 is 6.03. The average Bonchev–Trinajstić information content (AvgIpc) is 2.96. The molecule has 1 N–H and O–H groups in total. The van der Waals surface area contributed by atoms with Crippen molar-refractivity contribution in [2.45, 2.75) is 58.0 Å². The molecule has 41 heavy (non-hydrogen) atoms. The fraction of sp³-hybridized carbons (Fsp3) is 0.355. The zero-order valence-corrected chi connectivity index (χ0v) is 25.5. The molecule has 0 aliphatic carbocycles. The van der Waals surface area contributed by atoms with Crippen molar-refractivity contribution in [1.29, 1.82) is 0 Å². The summed E-state index contributed by atoms with van der Waals surface area (Å²) in [5.74, 6) is -0.484. The number of nitrogens with one attached hydrogen (secondary N) is 1. The molecule has 3 aromatic rings. The van der Waals surface area contributed by atoms with Gasteiger partial charge in [0.25, 0.3) is 10.0 Å². The number of benzene rings is 3. The van der Waals surface area contributed by atoms with Crippen LogP contribution in [0.5, 0.6) is 5.75 Å². The van der Waals surface area contributed by atoms with Crippen molar-refractivity contribution in [2.75, 3.05) is 24.0 Å². The molecule has 0 heterocycles. The van der Waals surface area contributed by atoms with Gasteiger partial charge in [-0.3, -0.25) is 13.9 Å². The van der Waals surface area contributed by atoms with Crippen LogP contribution in [0.25, 0.3) is 0 Å². The zero-order valence-electron chi connectivity index (χ0n) is 24.0. The first kappa shape index (κ1) is 32.0. The van der Waals surface area contributed by atoms with Gasteiger partial charge >= 0.3 is 0 Å². The summed E-state index contributed by atoms with van der Waals surface area (Å²) in [5, 5.41) is 3.27. The summed E-state index contributed by atoms with van der Waals surface area (Å²) < 4.78 is 34.9. The number of hydrogen-bond donors (Lipinski definition) is 1. The van der Waals surface area contributed by atoms with Crippen LogP contribution in [0.2, 0.25) is 5.02 Å². The first-order chi connectivity index (χ1) is 19.6. The van der Waals surface area contributed by atoms with Gasteiger partial charge in [0, 0.05) is 18.1 Å². The molecule has 0 unspecified atom stereocenters. The predicted molar refractivity (Wildman–Crippen MR) is 163 cm³/mol. The number of rotatable bonds is 14. The molecular weight excluding hydrogens is 562 g/mol. The molecule has 0 saturated carbocycles. The molecule has 0 aliphatic heterocycles. The molecule has 3 rings (SSSR count). The molecule has 0 radical (unpaired) electrons. The standard InChI is InChI=1S/C31H38ClN3O5S/c1-5-20-33-31(37)27(6-2)34(21-24-14-12-23(4)13-15-24)30(36)22-35(28-10-8-9-11-29(28)40-7-3)41(38,39)26-18-16-25(32)17-19-26/h8-19,27H,5-7,20-22H2,1-4H3,(H,33,37)/t27-/m1/s1. The van der Waals surface area contributed by atoms with E-state index in [0.29, 0.717) is 30.3 Å². The van der Waals surface area contributed by atoms with Crippen molar-refractivity contribution in [3.8, 4) is 5.75 Å². The lowest BCUT2D eigenvalue weighted by atomic mass is 10.1. The van der Waals surface area contributed by atoms with Crippen LogP contribution < -0.4 is 14.4 Å². The van der Waals surface area contributed by atoms with Crippen LogP contribution >= 0.6 is 11.6 Å². The van der Waals surface area contributed by atoms with E-state index in [-0.39, 0.29) is 23.0 Å². The zero-order chi connectivity index (χ0) is 30.0. The van der Waals surface area contributed by atoms with Gasteiger partial charge < -0.3 is 15.0 Å². The monoisotopic (exact) mass is 599 g/mol. The number of para-hydroxylation sites is 2. The van der Waals surface area contributed by atoms with Gasteiger partial charge in [0.2, 0.25) is 11.8 Å². The lowest BCUT2D eigenvalue weighted by molar-refractivity contribution is -0.140. The number of sulfonamides is 1. The highest BCUT2D eigenvalue weighted by atomic mass is 35.5. The Labute approximate surface area is 248 Å². The molecule has 220 valence electrons. The van der Waals surface area contributed by atoms with Gasteiger partial charge in [-0.05, 0) is 68.7 Å². The highest BCUT2D eigenvalue weighted by molar-refractivity contribution is 7.92. The van der Waals surface area contributed by atoms with Gasteiger partial charge in [-0.15, -0.1) is 0 Å². The Morgan fingerprint density at radius 2 is 1.61 bits per heavy atom. The van der Waals surface area contributed by atoms with Gasteiger partial charge in [-0.25, -0.2) is 8.42 Å². The number of ether oxygens (including phenoxy) is 1. The van der Waals surface area contributed by atoms with E-state index in [2.05, 4.69) is 5.32 Å². The normalized spacial score (nSPS) is 11.9. The molecule has 3 aromatic carbocycles. The third-order valence-corrected chi connectivity index (χ3v) is 8.55. The lowest BCUT2D eigenvalue weighted by Gasteiger charge is -2.33. The number of carbonyl (C=O) groups excluding carboxylic acids is 2. The molecule has 0 aromatic heterocycles. The molecule has 0 saturated heterocycles. The summed E-state index contributed by atoms with van der Waals surface area (Å²) in [6, 6.07) is 19.3. The smallest absolute Gasteiger partial charge is 0.264 e. The van der Waals surface area contributed by atoms with Crippen LogP contribution in [-0.4, -0.2) is 50.9 Å². The Hall–Kier alpha value is -3.56. The minimum Gasteiger partial charge on any atom is -0.492 e. The van der Waals surface area contributed by atoms with E-state index >= 15 is 0 Å². The number of nitrogens with zero attached hydrogens (tertiary/aromatic N) is 2. The summed E-state index contributed by atoms with van der Waals surface area (Å²) in [6.07, 6.45) is 1.10. The molecule has 10 heteroatoms. The number of aryl methyl sites for hydroxylation is 1. The van der Waals surface area contributed by atoms with Crippen LogP contribution in [0.4, 0.5) is 5.69 Å². The SMILES string of the molecule is CCCNC(=O)[C@@H](CC)N(Cc1ccc(C)cc1)C(=O)CN(c1ccccc1OCC)S(=O)(=O)c1ccc(Cl)cc1. The van der Waals surface area contributed by atoms with Crippen molar-refractivity contribution in [3.63, 3.8) is 0 Å². The van der Waals surface area contributed by atoms with Crippen molar-refractivity contribution in [3.05, 3.63) is 88.9 Å². The molecule has 1 atom stereocenters. The third-order valence-electron chi connectivity index (χ3n) is 6.52. The summed E-state index contributed by atoms with van der Waals surface area (Å²) in [4.78, 5) is 28.8. The van der Waals surface area contributed by atoms with E-state index in [0.717, 1.165) is 21.9 Å². The average molecular weight is 600 g/mol. The maximum atomic E-state index is 14.2. The van der Waals surface area contributed by atoms with E-state index in [1.54, 1.807) is 31.2 Å². The number of carbonyl (C=O) groups is 2. The minimum absolute atomic E-state index is 0.0289. The topological polar surface area (TPSA) is 96.0 Å². The largest absolute Gasteiger partial charge is 0.492 e. The highest BCUT2D eigenvalue weighted by Gasteiger charge is 2.34. The Bertz CT molecular complexity index is 1410. The van der Waals surface area contributed by atoms with Gasteiger partial charge in [0.1, 0.15) is 18.3 Å². The van der Waals surface area contributed by atoms with Crippen molar-refractivity contribution in [1.82, 2.24) is 10.2 Å². The predicted octanol–water partition coefficient (Wildman–Crippen LogP) is 5.58. The van der Waals surface area contributed by atoms with E-state index in [1.807, 2.05) is 45.0 Å². The molecule has 0 bridgehead atoms. The van der Waals surface area contributed by atoms with Crippen molar-refractivity contribution in [2.24, 2.45) is 0 Å². The van der Waals surface area contributed by atoms with Crippen LogP contribution in [0.1, 0.15) is 44.7 Å². The van der Waals surface area contributed by atoms with E-state index < -0.39 is 28.5 Å². The van der Waals surface area contributed by atoms with Gasteiger partial charge in [-0.2, -0.15) is 0 Å². The second kappa shape index (κ2) is 14.9. The number of hydrogen-bond acceptors (Lipinski definition) is 5. The quantitative estimate of drug-likeness (QED) is 0.261. The summed E-state index contributed by atoms with van der Waals surface area (Å²) in [7, 11) is -4.24. The van der Waals surface area contributed by atoms with Gasteiger partial charge in [-0.1, -0.05) is 67.4 Å². The Morgan fingerprint density at radius 3 is 2.22 bits per heavy atom. The highest BCUT2D eigenvalue weighted by Crippen LogP contribution is 2.33. The van der Waals surface area contributed by atoms with Crippen molar-refractivity contribution >= 4 is 39.1 Å². The maximum absolute atomic E-state index is 14.2. The fourth-order valence-corrected chi connectivity index (χ4v) is 5.91. The summed E-state index contributed by atoms with van der Waals surface area (Å²) in [6.45, 7) is 7.91.